The van der Waals surface area contributed by atoms with Gasteiger partial charge in [0.1, 0.15) is 19.3 Å². The van der Waals surface area contributed by atoms with Crippen LogP contribution in [0.25, 0.3) is 0 Å². The molecule has 0 heterocycles. The van der Waals surface area contributed by atoms with E-state index in [9.17, 15) is 19.0 Å². The van der Waals surface area contributed by atoms with E-state index in [0.717, 1.165) is 89.9 Å². The summed E-state index contributed by atoms with van der Waals surface area (Å²) in [5, 5.41) is 2.99. The number of amides is 1. The monoisotopic (exact) mass is 999 g/mol. The van der Waals surface area contributed by atoms with Crippen LogP contribution < -0.4 is 10.2 Å². The van der Waals surface area contributed by atoms with E-state index in [0.29, 0.717) is 17.4 Å². The number of hydrogen-bond acceptors (Lipinski definition) is 7. The summed E-state index contributed by atoms with van der Waals surface area (Å²) < 4.78 is 30.2. The molecule has 0 aliphatic rings. The number of nitrogens with one attached hydrogen (secondary N) is 1. The second kappa shape index (κ2) is 49.8. The number of likely N-dealkylation sites (N-methyl/N-ethyl adjacent to an activating group) is 1. The van der Waals surface area contributed by atoms with Crippen LogP contribution in [-0.2, 0) is 27.9 Å². The molecule has 0 aromatic carbocycles. The van der Waals surface area contributed by atoms with Crippen LogP contribution in [0, 0.1) is 0 Å². The first-order valence-electron chi connectivity index (χ1n) is 28.4. The van der Waals surface area contributed by atoms with Crippen molar-refractivity contribution in [2.24, 2.45) is 0 Å². The van der Waals surface area contributed by atoms with Crippen molar-refractivity contribution in [2.45, 2.75) is 245 Å². The van der Waals surface area contributed by atoms with E-state index < -0.39 is 26.6 Å². The zero-order valence-electron chi connectivity index (χ0n) is 45.9. The van der Waals surface area contributed by atoms with Gasteiger partial charge in [0.25, 0.3) is 7.82 Å². The van der Waals surface area contributed by atoms with Crippen molar-refractivity contribution < 1.29 is 37.3 Å². The minimum Gasteiger partial charge on any atom is -0.756 e. The number of quaternary nitrogens is 1. The Labute approximate surface area is 431 Å². The highest BCUT2D eigenvalue weighted by Gasteiger charge is 2.27. The van der Waals surface area contributed by atoms with Gasteiger partial charge in [0.2, 0.25) is 5.91 Å². The van der Waals surface area contributed by atoms with E-state index in [1.54, 1.807) is 0 Å². The van der Waals surface area contributed by atoms with E-state index in [-0.39, 0.29) is 31.3 Å². The summed E-state index contributed by atoms with van der Waals surface area (Å²) in [6, 6.07) is -0.912. The first-order chi connectivity index (χ1) is 33.9. The number of carbonyl (C=O) groups is 2. The lowest BCUT2D eigenvalue weighted by Crippen LogP contribution is -2.47. The highest BCUT2D eigenvalue weighted by Crippen LogP contribution is 2.38. The smallest absolute Gasteiger partial charge is 0.306 e. The number of allylic oxidation sites excluding steroid dienone is 13. The molecule has 0 rings (SSSR count). The Kier molecular flexibility index (Phi) is 47.8. The summed E-state index contributed by atoms with van der Waals surface area (Å²) in [6.45, 7) is 6.67. The van der Waals surface area contributed by atoms with Crippen LogP contribution in [0.2, 0.25) is 0 Å². The van der Waals surface area contributed by atoms with Crippen LogP contribution in [0.3, 0.4) is 0 Å². The highest BCUT2D eigenvalue weighted by molar-refractivity contribution is 7.45. The van der Waals surface area contributed by atoms with Crippen LogP contribution in [0.4, 0.5) is 0 Å². The van der Waals surface area contributed by atoms with Crippen molar-refractivity contribution in [3.8, 4) is 0 Å². The molecule has 0 fully saturated rings. The maximum atomic E-state index is 13.5. The number of phosphoric ester groups is 1. The average molecular weight is 999 g/mol. The van der Waals surface area contributed by atoms with Crippen LogP contribution in [-0.4, -0.2) is 69.4 Å². The van der Waals surface area contributed by atoms with E-state index in [2.05, 4.69) is 99.0 Å². The molecule has 0 aromatic heterocycles. The Hall–Kier alpha value is -2.81. The molecule has 3 unspecified atom stereocenters. The molecular weight excluding hydrogens is 892 g/mol. The normalized spacial score (nSPS) is 14.4. The Morgan fingerprint density at radius 2 is 0.914 bits per heavy atom. The number of rotatable bonds is 50. The van der Waals surface area contributed by atoms with Gasteiger partial charge in [-0.3, -0.25) is 14.2 Å². The first-order valence-corrected chi connectivity index (χ1v) is 29.9. The van der Waals surface area contributed by atoms with Crippen molar-refractivity contribution in [1.82, 2.24) is 5.32 Å². The lowest BCUT2D eigenvalue weighted by molar-refractivity contribution is -0.870. The fourth-order valence-corrected chi connectivity index (χ4v) is 8.42. The van der Waals surface area contributed by atoms with Gasteiger partial charge in [-0.2, -0.15) is 0 Å². The maximum absolute atomic E-state index is 13.5. The maximum Gasteiger partial charge on any atom is 0.306 e. The largest absolute Gasteiger partial charge is 0.756 e. The molecule has 1 N–H and O–H groups in total. The zero-order chi connectivity index (χ0) is 51.5. The summed E-state index contributed by atoms with van der Waals surface area (Å²) in [5.41, 5.74) is 0. The Morgan fingerprint density at radius 3 is 1.39 bits per heavy atom. The minimum absolute atomic E-state index is 0.0335. The molecule has 0 aliphatic heterocycles. The van der Waals surface area contributed by atoms with Gasteiger partial charge in [-0.05, 0) is 83.1 Å². The summed E-state index contributed by atoms with van der Waals surface area (Å²) >= 11 is 0. The number of ether oxygens (including phenoxy) is 1. The quantitative estimate of drug-likeness (QED) is 0.0212. The molecule has 0 spiro atoms. The number of hydrogen-bond donors (Lipinski definition) is 1. The minimum atomic E-state index is -4.71. The van der Waals surface area contributed by atoms with Gasteiger partial charge in [-0.1, -0.05) is 222 Å². The standard InChI is InChI=1S/C60H107N2O7P/c1-7-10-13-16-19-22-25-27-28-29-30-31-32-33-34-35-38-40-43-46-49-52-59(63)61-57(56-68-70(65,66)67-55-54-62(4,5)6)58(51-48-45-42-39-37-26-23-20-17-14-11-8-2)69-60(64)53-50-47-44-41-36-24-21-18-15-12-9-3/h10,13,19,22,27-28,30-31,33-34,38,40,48,51,57-58H,7-9,11-12,14-18,20-21,23-26,29,32,35-37,39,41-47,49-50,52-56H2,1-6H3,(H-,61,63,65,66)/b13-10-,22-19-,28-27-,31-30-,34-33-,40-38-,51-48-. The summed E-state index contributed by atoms with van der Waals surface area (Å²) in [6.07, 6.45) is 64.1. The third kappa shape index (κ3) is 50.1. The molecule has 0 saturated carbocycles. The molecule has 9 nitrogen and oxygen atoms in total. The predicted octanol–water partition coefficient (Wildman–Crippen LogP) is 16.4. The molecule has 0 radical (unpaired) electrons. The van der Waals surface area contributed by atoms with Crippen LogP contribution in [0.1, 0.15) is 233 Å². The van der Waals surface area contributed by atoms with Gasteiger partial charge in [-0.25, -0.2) is 0 Å². The van der Waals surface area contributed by atoms with Crippen LogP contribution in [0.15, 0.2) is 85.1 Å². The number of carbonyl (C=O) groups excluding carboxylic acids is 2. The predicted molar refractivity (Wildman–Crippen MR) is 298 cm³/mol. The van der Waals surface area contributed by atoms with Gasteiger partial charge in [0.05, 0.1) is 33.8 Å². The van der Waals surface area contributed by atoms with Crippen molar-refractivity contribution in [1.29, 1.82) is 0 Å². The molecule has 1 amide bonds. The van der Waals surface area contributed by atoms with Crippen LogP contribution >= 0.6 is 7.82 Å². The molecule has 0 aliphatic carbocycles. The zero-order valence-corrected chi connectivity index (χ0v) is 46.8. The van der Waals surface area contributed by atoms with E-state index in [1.165, 1.54) is 103 Å². The molecule has 10 heteroatoms. The van der Waals surface area contributed by atoms with Gasteiger partial charge >= 0.3 is 5.97 Å². The molecule has 0 aromatic rings. The van der Waals surface area contributed by atoms with E-state index in [4.69, 9.17) is 13.8 Å². The molecule has 0 bridgehead atoms. The summed E-state index contributed by atoms with van der Waals surface area (Å²) in [5.74, 6) is -0.595. The van der Waals surface area contributed by atoms with E-state index in [1.807, 2.05) is 33.3 Å². The van der Waals surface area contributed by atoms with Crippen LogP contribution in [0.5, 0.6) is 0 Å². The number of phosphoric acid groups is 1. The Morgan fingerprint density at radius 1 is 0.514 bits per heavy atom. The number of esters is 1. The molecule has 404 valence electrons. The van der Waals surface area contributed by atoms with Crippen molar-refractivity contribution in [2.75, 3.05) is 40.9 Å². The Balaban J connectivity index is 5.38. The van der Waals surface area contributed by atoms with Gasteiger partial charge in [-0.15, -0.1) is 0 Å². The second-order valence-electron chi connectivity index (χ2n) is 20.1. The highest BCUT2D eigenvalue weighted by atomic mass is 31.2. The third-order valence-corrected chi connectivity index (χ3v) is 13.1. The number of nitrogens with zero attached hydrogens (tertiary/aromatic N) is 1. The first kappa shape index (κ1) is 67.2. The van der Waals surface area contributed by atoms with Crippen molar-refractivity contribution in [3.05, 3.63) is 85.1 Å². The SMILES string of the molecule is CC/C=C\C/C=C\C/C=C\C/C=C\C/C=C\C/C=C\CCCCC(=O)NC(COP(=O)([O-])OCC[N+](C)(C)C)C(/C=C\CCCCCCCCCCCC)OC(=O)CCCCCCCCCCCCC. The average Bonchev–Trinajstić information content (AvgIpc) is 3.32. The van der Waals surface area contributed by atoms with Crippen molar-refractivity contribution in [3.63, 3.8) is 0 Å². The third-order valence-electron chi connectivity index (χ3n) is 12.1. The summed E-state index contributed by atoms with van der Waals surface area (Å²) in [7, 11) is 1.15. The fourth-order valence-electron chi connectivity index (χ4n) is 7.70. The fraction of sp³-hybridized carbons (Fsp3) is 0.733. The van der Waals surface area contributed by atoms with Crippen molar-refractivity contribution >= 4 is 19.7 Å². The topological polar surface area (TPSA) is 114 Å². The lowest BCUT2D eigenvalue weighted by Gasteiger charge is -2.30. The molecule has 0 saturated heterocycles. The Bertz CT molecular complexity index is 1480. The number of unbranched alkanes of at least 4 members (excludes halogenated alkanes) is 22. The molecule has 3 atom stereocenters. The van der Waals surface area contributed by atoms with Gasteiger partial charge in [0.15, 0.2) is 0 Å². The lowest BCUT2D eigenvalue weighted by atomic mass is 10.0. The molecular formula is C60H107N2O7P. The second-order valence-corrected chi connectivity index (χ2v) is 21.5. The van der Waals surface area contributed by atoms with Gasteiger partial charge in [0, 0.05) is 12.8 Å². The van der Waals surface area contributed by atoms with E-state index >= 15 is 0 Å². The summed E-state index contributed by atoms with van der Waals surface area (Å²) in [4.78, 5) is 39.8. The van der Waals surface area contributed by atoms with Gasteiger partial charge < -0.3 is 28.5 Å². The molecule has 70 heavy (non-hydrogen) atoms.